The van der Waals surface area contributed by atoms with Crippen LogP contribution in [0.25, 0.3) is 11.4 Å². The third-order valence-electron chi connectivity index (χ3n) is 5.07. The highest BCUT2D eigenvalue weighted by molar-refractivity contribution is 8.00. The van der Waals surface area contributed by atoms with Gasteiger partial charge in [-0.05, 0) is 49.4 Å². The van der Waals surface area contributed by atoms with Crippen LogP contribution in [0.5, 0.6) is 5.75 Å². The molecule has 0 saturated carbocycles. The number of nitrogens with zero attached hydrogens (tertiary/aromatic N) is 3. The average Bonchev–Trinajstić information content (AvgIpc) is 3.49. The number of carbonyl (C=O) groups is 1. The fourth-order valence-electron chi connectivity index (χ4n) is 3.33. The highest BCUT2D eigenvalue weighted by Crippen LogP contribution is 2.34. The first kappa shape index (κ1) is 24.4. The Hall–Kier alpha value is -3.73. The molecule has 0 aliphatic rings. The number of hydrogen-bond donors (Lipinski definition) is 1. The molecule has 7 nitrogen and oxygen atoms in total. The highest BCUT2D eigenvalue weighted by atomic mass is 32.2. The minimum absolute atomic E-state index is 0.0593. The zero-order valence-corrected chi connectivity index (χ0v) is 19.6. The standard InChI is InChI=1S/C24H21F3N4O3S/c1-15(22(32)28-17-8-5-7-16(13-17)24(25,26)27)35-23-30-29-21(19-10-3-4-11-20(19)33-2)31(23)14-18-9-6-12-34-18/h3-13,15H,14H2,1-2H3,(H,28,32)/t15-/m1/s1. The predicted molar refractivity (Wildman–Crippen MR) is 125 cm³/mol. The Bertz CT molecular complexity index is 1310. The SMILES string of the molecule is COc1ccccc1-c1nnc(S[C@H](C)C(=O)Nc2cccc(C(F)(F)F)c2)n1Cc1ccco1. The molecule has 1 amide bonds. The number of halogens is 3. The van der Waals surface area contributed by atoms with Gasteiger partial charge in [0.25, 0.3) is 0 Å². The molecule has 4 aromatic rings. The van der Waals surface area contributed by atoms with Crippen molar-refractivity contribution < 1.29 is 27.1 Å². The Morgan fingerprint density at radius 3 is 2.66 bits per heavy atom. The van der Waals surface area contributed by atoms with Crippen LogP contribution in [0.3, 0.4) is 0 Å². The van der Waals surface area contributed by atoms with Crippen molar-refractivity contribution in [3.8, 4) is 17.1 Å². The quantitative estimate of drug-likeness (QED) is 0.310. The molecule has 1 atom stereocenters. The Morgan fingerprint density at radius 1 is 1.14 bits per heavy atom. The molecule has 2 heterocycles. The van der Waals surface area contributed by atoms with Crippen LogP contribution < -0.4 is 10.1 Å². The Kier molecular flexibility index (Phi) is 7.15. The largest absolute Gasteiger partial charge is 0.496 e. The smallest absolute Gasteiger partial charge is 0.416 e. The Labute approximate surface area is 203 Å². The number of carbonyl (C=O) groups excluding carboxylic acids is 1. The lowest BCUT2D eigenvalue weighted by Gasteiger charge is -2.15. The van der Waals surface area contributed by atoms with Gasteiger partial charge >= 0.3 is 6.18 Å². The lowest BCUT2D eigenvalue weighted by Crippen LogP contribution is -2.23. The van der Waals surface area contributed by atoms with E-state index in [9.17, 15) is 18.0 Å². The maximum Gasteiger partial charge on any atom is 0.416 e. The minimum Gasteiger partial charge on any atom is -0.496 e. The molecular weight excluding hydrogens is 481 g/mol. The summed E-state index contributed by atoms with van der Waals surface area (Å²) >= 11 is 1.13. The minimum atomic E-state index is -4.50. The number of hydrogen-bond acceptors (Lipinski definition) is 6. The van der Waals surface area contributed by atoms with Gasteiger partial charge in [-0.15, -0.1) is 10.2 Å². The summed E-state index contributed by atoms with van der Waals surface area (Å²) in [6.45, 7) is 1.94. The number of benzene rings is 2. The first-order valence-corrected chi connectivity index (χ1v) is 11.4. The van der Waals surface area contributed by atoms with E-state index in [2.05, 4.69) is 15.5 Å². The zero-order valence-electron chi connectivity index (χ0n) is 18.7. The third kappa shape index (κ3) is 5.68. The number of anilines is 1. The summed E-state index contributed by atoms with van der Waals surface area (Å²) in [4.78, 5) is 12.8. The van der Waals surface area contributed by atoms with Crippen molar-refractivity contribution in [2.24, 2.45) is 0 Å². The molecule has 0 bridgehead atoms. The number of nitrogens with one attached hydrogen (secondary N) is 1. The number of thioether (sulfide) groups is 1. The molecule has 0 unspecified atom stereocenters. The second kappa shape index (κ2) is 10.3. The van der Waals surface area contributed by atoms with Crippen LogP contribution in [-0.2, 0) is 17.5 Å². The van der Waals surface area contributed by atoms with Crippen LogP contribution >= 0.6 is 11.8 Å². The van der Waals surface area contributed by atoms with Crippen molar-refractivity contribution in [1.82, 2.24) is 14.8 Å². The second-order valence-corrected chi connectivity index (χ2v) is 8.81. The fourth-order valence-corrected chi connectivity index (χ4v) is 4.18. The first-order chi connectivity index (χ1) is 16.8. The van der Waals surface area contributed by atoms with Crippen molar-refractivity contribution in [3.05, 3.63) is 78.3 Å². The summed E-state index contributed by atoms with van der Waals surface area (Å²) in [5, 5.41) is 10.9. The Morgan fingerprint density at radius 2 is 1.94 bits per heavy atom. The van der Waals surface area contributed by atoms with Crippen molar-refractivity contribution in [3.63, 3.8) is 0 Å². The van der Waals surface area contributed by atoms with E-state index in [1.165, 1.54) is 12.1 Å². The summed E-state index contributed by atoms with van der Waals surface area (Å²) in [5.41, 5.74) is -0.0683. The molecule has 182 valence electrons. The van der Waals surface area contributed by atoms with E-state index >= 15 is 0 Å². The zero-order chi connectivity index (χ0) is 25.0. The number of para-hydroxylation sites is 1. The van der Waals surface area contributed by atoms with Gasteiger partial charge in [0.2, 0.25) is 5.91 Å². The molecular formula is C24H21F3N4O3S. The summed E-state index contributed by atoms with van der Waals surface area (Å²) in [6.07, 6.45) is -2.95. The van der Waals surface area contributed by atoms with Crippen molar-refractivity contribution in [2.45, 2.75) is 30.1 Å². The van der Waals surface area contributed by atoms with E-state index in [1.54, 1.807) is 37.0 Å². The Balaban J connectivity index is 1.59. The maximum absolute atomic E-state index is 13.0. The molecule has 0 fully saturated rings. The monoisotopic (exact) mass is 502 g/mol. The third-order valence-corrected chi connectivity index (χ3v) is 6.15. The number of rotatable bonds is 8. The van der Waals surface area contributed by atoms with Crippen LogP contribution in [0.15, 0.2) is 76.5 Å². The highest BCUT2D eigenvalue weighted by Gasteiger charge is 2.31. The van der Waals surface area contributed by atoms with Crippen LogP contribution in [0.2, 0.25) is 0 Å². The van der Waals surface area contributed by atoms with Gasteiger partial charge in [0.1, 0.15) is 11.5 Å². The van der Waals surface area contributed by atoms with Gasteiger partial charge in [-0.3, -0.25) is 9.36 Å². The van der Waals surface area contributed by atoms with E-state index in [-0.39, 0.29) is 5.69 Å². The predicted octanol–water partition coefficient (Wildman–Crippen LogP) is 5.73. The van der Waals surface area contributed by atoms with Gasteiger partial charge in [-0.25, -0.2) is 0 Å². The molecule has 0 aliphatic heterocycles. The maximum atomic E-state index is 13.0. The van der Waals surface area contributed by atoms with Crippen LogP contribution in [0.1, 0.15) is 18.2 Å². The number of aromatic nitrogens is 3. The summed E-state index contributed by atoms with van der Waals surface area (Å²) in [7, 11) is 1.56. The second-order valence-electron chi connectivity index (χ2n) is 7.50. The van der Waals surface area contributed by atoms with Gasteiger partial charge in [-0.1, -0.05) is 30.0 Å². The molecule has 0 radical (unpaired) electrons. The number of methoxy groups -OCH3 is 1. The van der Waals surface area contributed by atoms with Crippen molar-refractivity contribution in [1.29, 1.82) is 0 Å². The van der Waals surface area contributed by atoms with Gasteiger partial charge in [0.15, 0.2) is 11.0 Å². The molecule has 0 saturated heterocycles. The van der Waals surface area contributed by atoms with Crippen LogP contribution in [-0.4, -0.2) is 33.0 Å². The lowest BCUT2D eigenvalue weighted by molar-refractivity contribution is -0.137. The number of furan rings is 1. The lowest BCUT2D eigenvalue weighted by atomic mass is 10.2. The molecule has 35 heavy (non-hydrogen) atoms. The van der Waals surface area contributed by atoms with E-state index in [0.717, 1.165) is 23.9 Å². The van der Waals surface area contributed by atoms with Crippen LogP contribution in [0.4, 0.5) is 18.9 Å². The van der Waals surface area contributed by atoms with E-state index < -0.39 is 22.9 Å². The summed E-state index contributed by atoms with van der Waals surface area (Å²) in [5.74, 6) is 1.31. The van der Waals surface area contributed by atoms with Crippen molar-refractivity contribution in [2.75, 3.05) is 12.4 Å². The van der Waals surface area contributed by atoms with Crippen LogP contribution in [0, 0.1) is 0 Å². The first-order valence-electron chi connectivity index (χ1n) is 10.5. The van der Waals surface area contributed by atoms with E-state index in [4.69, 9.17) is 9.15 Å². The van der Waals surface area contributed by atoms with Gasteiger partial charge in [-0.2, -0.15) is 13.2 Å². The van der Waals surface area contributed by atoms with Gasteiger partial charge in [0, 0.05) is 5.69 Å². The summed E-state index contributed by atoms with van der Waals surface area (Å²) in [6, 6.07) is 15.4. The van der Waals surface area contributed by atoms with Gasteiger partial charge < -0.3 is 14.5 Å². The molecule has 4 rings (SSSR count). The summed E-state index contributed by atoms with van der Waals surface area (Å²) < 4.78 is 51.7. The van der Waals surface area contributed by atoms with E-state index in [1.807, 2.05) is 24.3 Å². The van der Waals surface area contributed by atoms with Gasteiger partial charge in [0.05, 0.1) is 36.3 Å². The van der Waals surface area contributed by atoms with Crippen molar-refractivity contribution >= 4 is 23.4 Å². The fraction of sp³-hybridized carbons (Fsp3) is 0.208. The topological polar surface area (TPSA) is 82.2 Å². The molecule has 0 aliphatic carbocycles. The van der Waals surface area contributed by atoms with E-state index in [0.29, 0.717) is 34.6 Å². The molecule has 0 spiro atoms. The molecule has 1 N–H and O–H groups in total. The number of alkyl halides is 3. The molecule has 2 aromatic heterocycles. The number of ether oxygens (including phenoxy) is 1. The molecule has 2 aromatic carbocycles. The normalized spacial score (nSPS) is 12.4. The number of amides is 1. The average molecular weight is 503 g/mol. The molecule has 11 heteroatoms.